The molecule has 1 aliphatic carbocycles. The molecule has 16 heavy (non-hydrogen) atoms. The number of rotatable bonds is 5. The van der Waals surface area contributed by atoms with Crippen molar-refractivity contribution in [3.05, 3.63) is 0 Å². The molecule has 0 aromatic heterocycles. The van der Waals surface area contributed by atoms with Crippen LogP contribution in [0.5, 0.6) is 0 Å². The maximum Gasteiger partial charge on any atom is 0.220 e. The molecule has 0 aromatic rings. The second-order valence-corrected chi connectivity index (χ2v) is 5.89. The highest BCUT2D eigenvalue weighted by Crippen LogP contribution is 2.36. The van der Waals surface area contributed by atoms with Gasteiger partial charge in [0.05, 0.1) is 0 Å². The highest BCUT2D eigenvalue weighted by atomic mass is 16.1. The van der Waals surface area contributed by atoms with E-state index in [-0.39, 0.29) is 5.91 Å². The minimum atomic E-state index is 0.181. The summed E-state index contributed by atoms with van der Waals surface area (Å²) in [7, 11) is 0. The summed E-state index contributed by atoms with van der Waals surface area (Å²) in [6, 6.07) is 0.387. The summed E-state index contributed by atoms with van der Waals surface area (Å²) < 4.78 is 0. The minimum Gasteiger partial charge on any atom is -0.353 e. The van der Waals surface area contributed by atoms with E-state index in [0.29, 0.717) is 30.3 Å². The van der Waals surface area contributed by atoms with Crippen LogP contribution in [-0.4, -0.2) is 18.5 Å². The van der Waals surface area contributed by atoms with E-state index in [9.17, 15) is 4.79 Å². The zero-order valence-electron chi connectivity index (χ0n) is 10.9. The lowest BCUT2D eigenvalue weighted by Crippen LogP contribution is -2.35. The Morgan fingerprint density at radius 2 is 2.25 bits per heavy atom. The normalized spacial score (nSPS) is 25.4. The molecule has 0 aliphatic heterocycles. The molecule has 3 N–H and O–H groups in total. The number of hydrogen-bond acceptors (Lipinski definition) is 2. The van der Waals surface area contributed by atoms with E-state index in [1.54, 1.807) is 0 Å². The van der Waals surface area contributed by atoms with Crippen molar-refractivity contribution in [2.24, 2.45) is 17.1 Å². The smallest absolute Gasteiger partial charge is 0.220 e. The molecular formula is C13H26N2O. The quantitative estimate of drug-likeness (QED) is 0.754. The fraction of sp³-hybridized carbons (Fsp3) is 0.923. The van der Waals surface area contributed by atoms with E-state index in [0.717, 1.165) is 19.3 Å². The molecule has 2 unspecified atom stereocenters. The number of hydrogen-bond donors (Lipinski definition) is 2. The van der Waals surface area contributed by atoms with Gasteiger partial charge in [-0.05, 0) is 37.1 Å². The number of nitrogens with two attached hydrogens (primary N) is 1. The molecule has 1 amide bonds. The zero-order chi connectivity index (χ0) is 12.2. The summed E-state index contributed by atoms with van der Waals surface area (Å²) in [5.74, 6) is 0.523. The fourth-order valence-corrected chi connectivity index (χ4v) is 2.50. The second kappa shape index (κ2) is 5.67. The Labute approximate surface area is 99.2 Å². The molecule has 1 rings (SSSR count). The third kappa shape index (κ3) is 4.12. The lowest BCUT2D eigenvalue weighted by atomic mass is 9.92. The van der Waals surface area contributed by atoms with Gasteiger partial charge in [-0.1, -0.05) is 27.2 Å². The Bertz CT molecular complexity index is 234. The van der Waals surface area contributed by atoms with Crippen molar-refractivity contribution in [2.75, 3.05) is 6.54 Å². The summed E-state index contributed by atoms with van der Waals surface area (Å²) in [6.07, 6.45) is 5.02. The molecule has 94 valence electrons. The van der Waals surface area contributed by atoms with Crippen molar-refractivity contribution >= 4 is 5.91 Å². The van der Waals surface area contributed by atoms with Crippen LogP contribution in [0, 0.1) is 11.3 Å². The molecule has 0 bridgehead atoms. The molecule has 3 heteroatoms. The lowest BCUT2D eigenvalue weighted by Gasteiger charge is -2.19. The predicted molar refractivity (Wildman–Crippen MR) is 67.0 cm³/mol. The SMILES string of the molecule is CCC(CN)CC(=O)NC1CCC(C)(C)C1. The van der Waals surface area contributed by atoms with E-state index < -0.39 is 0 Å². The van der Waals surface area contributed by atoms with Crippen molar-refractivity contribution in [3.63, 3.8) is 0 Å². The van der Waals surface area contributed by atoms with Crippen molar-refractivity contribution in [3.8, 4) is 0 Å². The van der Waals surface area contributed by atoms with E-state index in [1.807, 2.05) is 0 Å². The first-order valence-corrected chi connectivity index (χ1v) is 6.46. The van der Waals surface area contributed by atoms with Gasteiger partial charge in [0.1, 0.15) is 0 Å². The molecule has 2 atom stereocenters. The van der Waals surface area contributed by atoms with Crippen molar-refractivity contribution < 1.29 is 4.79 Å². The second-order valence-electron chi connectivity index (χ2n) is 5.89. The molecule has 3 nitrogen and oxygen atoms in total. The van der Waals surface area contributed by atoms with Gasteiger partial charge in [0.15, 0.2) is 0 Å². The zero-order valence-corrected chi connectivity index (χ0v) is 10.9. The molecule has 1 saturated carbocycles. The van der Waals surface area contributed by atoms with Gasteiger partial charge in [0, 0.05) is 12.5 Å². The van der Waals surface area contributed by atoms with Crippen LogP contribution in [0.25, 0.3) is 0 Å². The van der Waals surface area contributed by atoms with Gasteiger partial charge >= 0.3 is 0 Å². The largest absolute Gasteiger partial charge is 0.353 e. The summed E-state index contributed by atoms with van der Waals surface area (Å²) in [5, 5.41) is 3.14. The standard InChI is InChI=1S/C13H26N2O/c1-4-10(9-14)7-12(16)15-11-5-6-13(2,3)8-11/h10-11H,4-9,14H2,1-3H3,(H,15,16). The Morgan fingerprint density at radius 1 is 1.56 bits per heavy atom. The predicted octanol–water partition coefficient (Wildman–Crippen LogP) is 2.06. The Hall–Kier alpha value is -0.570. The van der Waals surface area contributed by atoms with Gasteiger partial charge in [-0.2, -0.15) is 0 Å². The van der Waals surface area contributed by atoms with Crippen LogP contribution in [0.15, 0.2) is 0 Å². The Morgan fingerprint density at radius 3 is 2.69 bits per heavy atom. The number of amides is 1. The van der Waals surface area contributed by atoms with Crippen molar-refractivity contribution in [1.82, 2.24) is 5.32 Å². The molecule has 0 spiro atoms. The van der Waals surface area contributed by atoms with Gasteiger partial charge in [0.2, 0.25) is 5.91 Å². The summed E-state index contributed by atoms with van der Waals surface area (Å²) >= 11 is 0. The fourth-order valence-electron chi connectivity index (χ4n) is 2.50. The van der Waals surface area contributed by atoms with Crippen LogP contribution in [-0.2, 0) is 4.79 Å². The summed E-state index contributed by atoms with van der Waals surface area (Å²) in [4.78, 5) is 11.8. The van der Waals surface area contributed by atoms with E-state index in [1.165, 1.54) is 6.42 Å². The van der Waals surface area contributed by atoms with Crippen LogP contribution in [0.4, 0.5) is 0 Å². The minimum absolute atomic E-state index is 0.181. The molecule has 0 saturated heterocycles. The van der Waals surface area contributed by atoms with Crippen molar-refractivity contribution in [2.45, 2.75) is 58.9 Å². The first kappa shape index (κ1) is 13.5. The first-order chi connectivity index (χ1) is 7.46. The first-order valence-electron chi connectivity index (χ1n) is 6.46. The van der Waals surface area contributed by atoms with Gasteiger partial charge in [0.25, 0.3) is 0 Å². The Balaban J connectivity index is 2.30. The molecular weight excluding hydrogens is 200 g/mol. The molecule has 1 aliphatic rings. The topological polar surface area (TPSA) is 55.1 Å². The van der Waals surface area contributed by atoms with Crippen LogP contribution in [0.1, 0.15) is 52.9 Å². The summed E-state index contributed by atoms with van der Waals surface area (Å²) in [6.45, 7) is 7.24. The molecule has 1 fully saturated rings. The third-order valence-corrected chi connectivity index (χ3v) is 3.72. The summed E-state index contributed by atoms with van der Waals surface area (Å²) in [5.41, 5.74) is 6.00. The average Bonchev–Trinajstić information content (AvgIpc) is 2.54. The number of carbonyl (C=O) groups excluding carboxylic acids is 1. The lowest BCUT2D eigenvalue weighted by molar-refractivity contribution is -0.122. The van der Waals surface area contributed by atoms with Crippen LogP contribution < -0.4 is 11.1 Å². The maximum absolute atomic E-state index is 11.8. The Kier molecular flexibility index (Phi) is 4.78. The van der Waals surface area contributed by atoms with Crippen LogP contribution in [0.2, 0.25) is 0 Å². The average molecular weight is 226 g/mol. The van der Waals surface area contributed by atoms with E-state index in [2.05, 4.69) is 26.1 Å². The van der Waals surface area contributed by atoms with Gasteiger partial charge in [-0.3, -0.25) is 4.79 Å². The van der Waals surface area contributed by atoms with E-state index in [4.69, 9.17) is 5.73 Å². The highest BCUT2D eigenvalue weighted by Gasteiger charge is 2.31. The molecule has 0 radical (unpaired) electrons. The number of nitrogens with one attached hydrogen (secondary N) is 1. The van der Waals surface area contributed by atoms with Crippen LogP contribution in [0.3, 0.4) is 0 Å². The van der Waals surface area contributed by atoms with Gasteiger partial charge in [-0.25, -0.2) is 0 Å². The van der Waals surface area contributed by atoms with Crippen molar-refractivity contribution in [1.29, 1.82) is 0 Å². The molecule has 0 aromatic carbocycles. The third-order valence-electron chi connectivity index (χ3n) is 3.72. The van der Waals surface area contributed by atoms with Gasteiger partial charge < -0.3 is 11.1 Å². The maximum atomic E-state index is 11.8. The van der Waals surface area contributed by atoms with Gasteiger partial charge in [-0.15, -0.1) is 0 Å². The van der Waals surface area contributed by atoms with E-state index >= 15 is 0 Å². The van der Waals surface area contributed by atoms with Crippen LogP contribution >= 0.6 is 0 Å². The monoisotopic (exact) mass is 226 g/mol. The molecule has 0 heterocycles. The highest BCUT2D eigenvalue weighted by molar-refractivity contribution is 5.76. The number of carbonyl (C=O) groups is 1.